The first-order chi connectivity index (χ1) is 15.6. The van der Waals surface area contributed by atoms with E-state index >= 15 is 0 Å². The van der Waals surface area contributed by atoms with Gasteiger partial charge in [-0.1, -0.05) is 6.07 Å². The second kappa shape index (κ2) is 9.96. The van der Waals surface area contributed by atoms with Crippen molar-refractivity contribution in [1.82, 2.24) is 4.90 Å². The molecule has 2 heterocycles. The van der Waals surface area contributed by atoms with Gasteiger partial charge in [-0.15, -0.1) is 0 Å². The molecule has 0 amide bonds. The van der Waals surface area contributed by atoms with Crippen molar-refractivity contribution in [1.29, 1.82) is 0 Å². The number of fused-ring (bicyclic) bond motifs is 1. The zero-order valence-electron chi connectivity index (χ0n) is 18.8. The summed E-state index contributed by atoms with van der Waals surface area (Å²) in [6, 6.07) is 11.5. The number of ether oxygens (including phenoxy) is 2. The average Bonchev–Trinajstić information content (AvgIpc) is 2.82. The first-order valence-corrected chi connectivity index (χ1v) is 11.1. The van der Waals surface area contributed by atoms with E-state index in [1.54, 1.807) is 32.6 Å². The number of benzene rings is 2. The molecule has 7 nitrogen and oxygen atoms in total. The minimum absolute atomic E-state index is 0.00273. The highest BCUT2D eigenvalue weighted by Crippen LogP contribution is 2.31. The molecule has 1 aliphatic heterocycles. The minimum Gasteiger partial charge on any atom is -0.493 e. The lowest BCUT2D eigenvalue weighted by molar-refractivity contribution is 0.253. The molecule has 0 radical (unpaired) electrons. The quantitative estimate of drug-likeness (QED) is 0.426. The van der Waals surface area contributed by atoms with Crippen LogP contribution < -0.4 is 25.5 Å². The molecule has 1 fully saturated rings. The maximum atomic E-state index is 12.9. The normalized spacial score (nSPS) is 14.6. The third-order valence-corrected chi connectivity index (χ3v) is 6.13. The van der Waals surface area contributed by atoms with E-state index in [4.69, 9.17) is 19.6 Å². The van der Waals surface area contributed by atoms with E-state index in [1.807, 2.05) is 18.2 Å². The van der Waals surface area contributed by atoms with Gasteiger partial charge in [0.2, 0.25) is 0 Å². The highest BCUT2D eigenvalue weighted by Gasteiger charge is 2.17. The Balaban J connectivity index is 1.29. The summed E-state index contributed by atoms with van der Waals surface area (Å²) in [6.07, 6.45) is 4.28. The van der Waals surface area contributed by atoms with E-state index in [0.717, 1.165) is 51.3 Å². The van der Waals surface area contributed by atoms with E-state index in [2.05, 4.69) is 15.9 Å². The monoisotopic (exact) mass is 437 g/mol. The topological polar surface area (TPSA) is 81.2 Å². The molecular formula is C25H31N3O4. The Morgan fingerprint density at radius 1 is 1.00 bits per heavy atom. The second-order valence-electron chi connectivity index (χ2n) is 8.17. The van der Waals surface area contributed by atoms with Crippen LogP contribution in [0.25, 0.3) is 11.0 Å². The molecule has 0 spiro atoms. The third kappa shape index (κ3) is 4.83. The van der Waals surface area contributed by atoms with Crippen molar-refractivity contribution in [2.75, 3.05) is 57.6 Å². The van der Waals surface area contributed by atoms with Gasteiger partial charge in [0.05, 0.1) is 25.9 Å². The Bertz CT molecular complexity index is 1120. The molecule has 0 atom stereocenters. The van der Waals surface area contributed by atoms with Crippen LogP contribution in [0.3, 0.4) is 0 Å². The van der Waals surface area contributed by atoms with Gasteiger partial charge in [0.15, 0.2) is 16.9 Å². The molecule has 1 aromatic heterocycles. The van der Waals surface area contributed by atoms with Crippen LogP contribution in [-0.2, 0) is 6.42 Å². The Kier molecular flexibility index (Phi) is 6.85. The predicted molar refractivity (Wildman–Crippen MR) is 128 cm³/mol. The zero-order chi connectivity index (χ0) is 22.5. The lowest BCUT2D eigenvalue weighted by atomic mass is 10.1. The number of aryl methyl sites for hydroxylation is 1. The summed E-state index contributed by atoms with van der Waals surface area (Å²) in [5, 5.41) is 0.526. The van der Waals surface area contributed by atoms with Crippen molar-refractivity contribution in [3.05, 3.63) is 58.4 Å². The van der Waals surface area contributed by atoms with E-state index < -0.39 is 0 Å². The van der Waals surface area contributed by atoms with Gasteiger partial charge in [-0.05, 0) is 50.1 Å². The molecule has 0 unspecified atom stereocenters. The smallest absolute Gasteiger partial charge is 0.195 e. The molecule has 0 aliphatic carbocycles. The molecule has 7 heteroatoms. The van der Waals surface area contributed by atoms with E-state index in [9.17, 15) is 4.79 Å². The van der Waals surface area contributed by atoms with Crippen LogP contribution in [0.4, 0.5) is 11.4 Å². The van der Waals surface area contributed by atoms with Crippen LogP contribution in [0, 0.1) is 0 Å². The summed E-state index contributed by atoms with van der Waals surface area (Å²) in [6.45, 7) is 5.11. The number of hydrogen-bond donors (Lipinski definition) is 1. The van der Waals surface area contributed by atoms with Crippen molar-refractivity contribution in [3.8, 4) is 11.5 Å². The SMILES string of the molecule is COc1cc2occ(CCCCN3CCN(c4cccc(N)c4)CC3)c(=O)c2cc1OC. The molecule has 1 saturated heterocycles. The van der Waals surface area contributed by atoms with Gasteiger partial charge in [0.1, 0.15) is 5.58 Å². The molecular weight excluding hydrogens is 406 g/mol. The second-order valence-corrected chi connectivity index (χ2v) is 8.17. The van der Waals surface area contributed by atoms with Crippen LogP contribution >= 0.6 is 0 Å². The Morgan fingerprint density at radius 2 is 1.75 bits per heavy atom. The Hall–Kier alpha value is -3.19. The van der Waals surface area contributed by atoms with Crippen molar-refractivity contribution in [3.63, 3.8) is 0 Å². The van der Waals surface area contributed by atoms with E-state index in [-0.39, 0.29) is 5.43 Å². The van der Waals surface area contributed by atoms with E-state index in [1.165, 1.54) is 5.69 Å². The maximum Gasteiger partial charge on any atom is 0.195 e. The Labute approximate surface area is 188 Å². The highest BCUT2D eigenvalue weighted by atomic mass is 16.5. The molecule has 170 valence electrons. The number of rotatable bonds is 8. The van der Waals surface area contributed by atoms with Gasteiger partial charge in [-0.2, -0.15) is 0 Å². The van der Waals surface area contributed by atoms with Crippen molar-refractivity contribution in [2.24, 2.45) is 0 Å². The van der Waals surface area contributed by atoms with Crippen molar-refractivity contribution in [2.45, 2.75) is 19.3 Å². The summed E-state index contributed by atoms with van der Waals surface area (Å²) in [5.41, 5.74) is 9.13. The first-order valence-electron chi connectivity index (χ1n) is 11.1. The number of nitrogens with zero attached hydrogens (tertiary/aromatic N) is 2. The lowest BCUT2D eigenvalue weighted by Gasteiger charge is -2.36. The molecule has 32 heavy (non-hydrogen) atoms. The number of unbranched alkanes of at least 4 members (excludes halogenated alkanes) is 1. The third-order valence-electron chi connectivity index (χ3n) is 6.13. The number of methoxy groups -OCH3 is 2. The number of nitrogen functional groups attached to an aromatic ring is 1. The van der Waals surface area contributed by atoms with Crippen molar-refractivity contribution >= 4 is 22.3 Å². The average molecular weight is 438 g/mol. The minimum atomic E-state index is 0.00273. The fourth-order valence-electron chi connectivity index (χ4n) is 4.27. The summed E-state index contributed by atoms with van der Waals surface area (Å²) in [4.78, 5) is 17.8. The van der Waals surface area contributed by atoms with Gasteiger partial charge >= 0.3 is 0 Å². The van der Waals surface area contributed by atoms with Crippen molar-refractivity contribution < 1.29 is 13.9 Å². The van der Waals surface area contributed by atoms with Crippen LogP contribution in [-0.4, -0.2) is 51.8 Å². The van der Waals surface area contributed by atoms with Crippen LogP contribution in [0.2, 0.25) is 0 Å². The molecule has 0 bridgehead atoms. The summed E-state index contributed by atoms with van der Waals surface area (Å²) in [5.74, 6) is 1.08. The van der Waals surface area contributed by atoms with Gasteiger partial charge in [-0.25, -0.2) is 0 Å². The van der Waals surface area contributed by atoms with Crippen LogP contribution in [0.5, 0.6) is 11.5 Å². The molecule has 0 saturated carbocycles. The maximum absolute atomic E-state index is 12.9. The first kappa shape index (κ1) is 22.0. The Morgan fingerprint density at radius 3 is 2.47 bits per heavy atom. The molecule has 1 aliphatic rings. The molecule has 3 aromatic rings. The summed E-state index contributed by atoms with van der Waals surface area (Å²) >= 11 is 0. The fraction of sp³-hybridized carbons (Fsp3) is 0.400. The number of hydrogen-bond acceptors (Lipinski definition) is 7. The number of nitrogens with two attached hydrogens (primary N) is 1. The summed E-state index contributed by atoms with van der Waals surface area (Å²) < 4.78 is 16.3. The van der Waals surface area contributed by atoms with Gasteiger partial charge < -0.3 is 24.5 Å². The van der Waals surface area contributed by atoms with Crippen LogP contribution in [0.1, 0.15) is 18.4 Å². The number of anilines is 2. The van der Waals surface area contributed by atoms with Crippen LogP contribution in [0.15, 0.2) is 51.9 Å². The zero-order valence-corrected chi connectivity index (χ0v) is 18.8. The molecule has 2 aromatic carbocycles. The van der Waals surface area contributed by atoms with Gasteiger partial charge in [-0.3, -0.25) is 9.69 Å². The van der Waals surface area contributed by atoms with E-state index in [0.29, 0.717) is 34.5 Å². The highest BCUT2D eigenvalue weighted by molar-refractivity contribution is 5.81. The fourth-order valence-corrected chi connectivity index (χ4v) is 4.27. The summed E-state index contributed by atoms with van der Waals surface area (Å²) in [7, 11) is 3.12. The largest absolute Gasteiger partial charge is 0.493 e. The lowest BCUT2D eigenvalue weighted by Crippen LogP contribution is -2.46. The standard InChI is InChI=1S/C25H31N3O4/c1-30-23-15-21-22(16-24(23)31-2)32-17-18(25(21)29)6-3-4-9-27-10-12-28(13-11-27)20-8-5-7-19(26)14-20/h5,7-8,14-17H,3-4,6,9-13,26H2,1-2H3. The van der Waals surface area contributed by atoms with Gasteiger partial charge in [0, 0.05) is 49.2 Å². The predicted octanol–water partition coefficient (Wildman–Crippen LogP) is 3.54. The van der Waals surface area contributed by atoms with Gasteiger partial charge in [0.25, 0.3) is 0 Å². The number of piperazine rings is 1. The molecule has 2 N–H and O–H groups in total. The molecule has 4 rings (SSSR count).